The lowest BCUT2D eigenvalue weighted by molar-refractivity contribution is 0.181. The van der Waals surface area contributed by atoms with Crippen molar-refractivity contribution in [2.75, 3.05) is 14.2 Å². The van der Waals surface area contributed by atoms with E-state index in [-0.39, 0.29) is 11.3 Å². The lowest BCUT2D eigenvalue weighted by atomic mass is 10.1. The van der Waals surface area contributed by atoms with Crippen molar-refractivity contribution in [2.24, 2.45) is 0 Å². The number of benzene rings is 2. The number of nitrogens with zero attached hydrogens (tertiary/aromatic N) is 3. The van der Waals surface area contributed by atoms with E-state index in [2.05, 4.69) is 15.0 Å². The van der Waals surface area contributed by atoms with E-state index in [4.69, 9.17) is 9.47 Å². The molecule has 2 heterocycles. The third-order valence-electron chi connectivity index (χ3n) is 4.12. The fraction of sp³-hybridized carbons (Fsp3) is 0.211. The quantitative estimate of drug-likeness (QED) is 0.510. The Balaban J connectivity index is 1.95. The molecule has 0 saturated heterocycles. The van der Waals surface area contributed by atoms with Gasteiger partial charge in [-0.1, -0.05) is 0 Å². The molecule has 0 aliphatic heterocycles. The van der Waals surface area contributed by atoms with Gasteiger partial charge < -0.3 is 9.47 Å². The summed E-state index contributed by atoms with van der Waals surface area (Å²) in [6.45, 7) is 2.29. The number of hydrogen-bond acceptors (Lipinski definition) is 6. The van der Waals surface area contributed by atoms with Gasteiger partial charge in [-0.2, -0.15) is 4.39 Å². The van der Waals surface area contributed by atoms with Crippen LogP contribution < -0.4 is 4.74 Å². The molecule has 0 bridgehead atoms. The lowest BCUT2D eigenvalue weighted by Crippen LogP contribution is -1.96. The minimum Gasteiger partial charge on any atom is -0.494 e. The second-order valence-corrected chi connectivity index (χ2v) is 7.08. The van der Waals surface area contributed by atoms with Crippen LogP contribution >= 0.6 is 11.3 Å². The summed E-state index contributed by atoms with van der Waals surface area (Å²) in [7, 11) is 2.89. The average Bonchev–Trinajstić information content (AvgIpc) is 3.08. The van der Waals surface area contributed by atoms with E-state index in [0.29, 0.717) is 33.0 Å². The molecule has 27 heavy (non-hydrogen) atoms. The maximum Gasteiger partial charge on any atom is 0.202 e. The highest BCUT2D eigenvalue weighted by Crippen LogP contribution is 2.38. The van der Waals surface area contributed by atoms with Crippen LogP contribution in [0.1, 0.15) is 11.3 Å². The Morgan fingerprint density at radius 1 is 1.04 bits per heavy atom. The summed E-state index contributed by atoms with van der Waals surface area (Å²) in [5.74, 6) is -2.20. The number of aryl methyl sites for hydroxylation is 1. The molecule has 2 aromatic heterocycles. The monoisotopic (exact) mass is 387 g/mol. The minimum absolute atomic E-state index is 0.0214. The summed E-state index contributed by atoms with van der Waals surface area (Å²) in [4.78, 5) is 13.4. The van der Waals surface area contributed by atoms with Crippen LogP contribution in [0, 0.1) is 18.6 Å². The van der Waals surface area contributed by atoms with Crippen molar-refractivity contribution in [2.45, 2.75) is 13.5 Å². The van der Waals surface area contributed by atoms with Crippen molar-refractivity contribution in [3.05, 3.63) is 47.3 Å². The summed E-state index contributed by atoms with van der Waals surface area (Å²) < 4.78 is 38.9. The first kappa shape index (κ1) is 17.7. The zero-order valence-electron chi connectivity index (χ0n) is 14.8. The minimum atomic E-state index is -1.04. The summed E-state index contributed by atoms with van der Waals surface area (Å²) >= 11 is 1.25. The van der Waals surface area contributed by atoms with E-state index < -0.39 is 11.6 Å². The third kappa shape index (κ3) is 3.00. The van der Waals surface area contributed by atoms with Gasteiger partial charge in [-0.15, -0.1) is 11.3 Å². The zero-order valence-corrected chi connectivity index (χ0v) is 15.7. The molecule has 0 amide bonds. The first-order valence-corrected chi connectivity index (χ1v) is 8.91. The highest BCUT2D eigenvalue weighted by molar-refractivity contribution is 7.21. The van der Waals surface area contributed by atoms with Gasteiger partial charge in [0.1, 0.15) is 10.5 Å². The largest absolute Gasteiger partial charge is 0.494 e. The number of halogens is 2. The van der Waals surface area contributed by atoms with Gasteiger partial charge in [0.25, 0.3) is 0 Å². The van der Waals surface area contributed by atoms with Crippen LogP contribution in [-0.4, -0.2) is 29.2 Å². The van der Waals surface area contributed by atoms with Crippen LogP contribution in [0.25, 0.3) is 31.8 Å². The van der Waals surface area contributed by atoms with Gasteiger partial charge in [-0.05, 0) is 24.6 Å². The van der Waals surface area contributed by atoms with E-state index in [1.54, 1.807) is 13.3 Å². The number of thiazole rings is 1. The predicted molar refractivity (Wildman–Crippen MR) is 100 cm³/mol. The van der Waals surface area contributed by atoms with Gasteiger partial charge >= 0.3 is 0 Å². The maximum atomic E-state index is 14.4. The molecule has 4 aromatic rings. The molecule has 8 heteroatoms. The van der Waals surface area contributed by atoms with Crippen molar-refractivity contribution in [3.63, 3.8) is 0 Å². The van der Waals surface area contributed by atoms with E-state index in [1.807, 2.05) is 19.1 Å². The van der Waals surface area contributed by atoms with Crippen molar-refractivity contribution in [3.8, 4) is 16.3 Å². The first-order chi connectivity index (χ1) is 13.0. The summed E-state index contributed by atoms with van der Waals surface area (Å²) in [5.41, 5.74) is 3.72. The average molecular weight is 387 g/mol. The summed E-state index contributed by atoms with van der Waals surface area (Å²) in [5, 5.41) is 0.541. The standard InChI is InChI=1S/C19H15F2N3O2S/c1-9-4-11(17-12(5-9)23-10(7-22-17)8-25-2)19-24-18-14(27-19)6-13(26-3)15(20)16(18)21/h4-7H,8H2,1-3H3. The van der Waals surface area contributed by atoms with Crippen LogP contribution in [0.4, 0.5) is 8.78 Å². The topological polar surface area (TPSA) is 57.1 Å². The molecule has 0 radical (unpaired) electrons. The fourth-order valence-corrected chi connectivity index (χ4v) is 3.94. The van der Waals surface area contributed by atoms with Gasteiger partial charge in [0.05, 0.1) is 41.3 Å². The molecule has 0 saturated carbocycles. The van der Waals surface area contributed by atoms with Crippen LogP contribution in [-0.2, 0) is 11.3 Å². The highest BCUT2D eigenvalue weighted by atomic mass is 32.1. The molecule has 2 aromatic carbocycles. The van der Waals surface area contributed by atoms with E-state index in [9.17, 15) is 8.78 Å². The number of aromatic nitrogens is 3. The number of hydrogen-bond donors (Lipinski definition) is 0. The highest BCUT2D eigenvalue weighted by Gasteiger charge is 2.20. The number of fused-ring (bicyclic) bond motifs is 2. The number of rotatable bonds is 4. The van der Waals surface area contributed by atoms with Gasteiger partial charge in [0.15, 0.2) is 11.6 Å². The van der Waals surface area contributed by atoms with Crippen molar-refractivity contribution < 1.29 is 18.3 Å². The normalized spacial score (nSPS) is 11.4. The van der Waals surface area contributed by atoms with E-state index in [1.165, 1.54) is 24.5 Å². The first-order valence-electron chi connectivity index (χ1n) is 8.10. The fourth-order valence-electron chi connectivity index (χ4n) is 2.93. The van der Waals surface area contributed by atoms with Crippen molar-refractivity contribution in [1.82, 2.24) is 15.0 Å². The second kappa shape index (κ2) is 6.79. The Labute approximate surface area is 157 Å². The lowest BCUT2D eigenvalue weighted by Gasteiger charge is -2.06. The molecule has 0 spiro atoms. The molecule has 0 atom stereocenters. The van der Waals surface area contributed by atoms with Gasteiger partial charge in [0.2, 0.25) is 5.82 Å². The Morgan fingerprint density at radius 2 is 1.85 bits per heavy atom. The van der Waals surface area contributed by atoms with Crippen LogP contribution in [0.2, 0.25) is 0 Å². The van der Waals surface area contributed by atoms with Crippen LogP contribution in [0.5, 0.6) is 5.75 Å². The second-order valence-electron chi connectivity index (χ2n) is 6.05. The molecule has 5 nitrogen and oxygen atoms in total. The Morgan fingerprint density at radius 3 is 2.59 bits per heavy atom. The third-order valence-corrected chi connectivity index (χ3v) is 5.15. The smallest absolute Gasteiger partial charge is 0.202 e. The van der Waals surface area contributed by atoms with E-state index >= 15 is 0 Å². The molecule has 0 N–H and O–H groups in total. The molecule has 138 valence electrons. The number of ether oxygens (including phenoxy) is 2. The van der Waals surface area contributed by atoms with Gasteiger partial charge in [0, 0.05) is 18.7 Å². The molecule has 0 unspecified atom stereocenters. The number of methoxy groups -OCH3 is 2. The Bertz CT molecular complexity index is 1180. The predicted octanol–water partition coefficient (Wildman–Crippen LogP) is 4.65. The molecular formula is C19H15F2N3O2S. The SMILES string of the molecule is COCc1cnc2c(-c3nc4c(F)c(F)c(OC)cc4s3)cc(C)cc2n1. The van der Waals surface area contributed by atoms with Crippen LogP contribution in [0.15, 0.2) is 24.4 Å². The molecule has 0 aliphatic carbocycles. The van der Waals surface area contributed by atoms with Gasteiger partial charge in [-0.25, -0.2) is 14.4 Å². The Hall–Kier alpha value is -2.71. The Kier molecular flexibility index (Phi) is 4.45. The molecule has 0 aliphatic rings. The van der Waals surface area contributed by atoms with Crippen molar-refractivity contribution in [1.29, 1.82) is 0 Å². The van der Waals surface area contributed by atoms with Crippen LogP contribution in [0.3, 0.4) is 0 Å². The summed E-state index contributed by atoms with van der Waals surface area (Å²) in [6, 6.07) is 5.28. The van der Waals surface area contributed by atoms with Gasteiger partial charge in [-0.3, -0.25) is 4.98 Å². The maximum absolute atomic E-state index is 14.4. The summed E-state index contributed by atoms with van der Waals surface area (Å²) in [6.07, 6.45) is 1.64. The zero-order chi connectivity index (χ0) is 19.1. The molecule has 4 rings (SSSR count). The van der Waals surface area contributed by atoms with E-state index in [0.717, 1.165) is 11.1 Å². The molecule has 0 fully saturated rings. The van der Waals surface area contributed by atoms with Crippen molar-refractivity contribution >= 4 is 32.6 Å². The molecular weight excluding hydrogens is 372 g/mol.